The van der Waals surface area contributed by atoms with Gasteiger partial charge in [0.2, 0.25) is 0 Å². The van der Waals surface area contributed by atoms with Crippen LogP contribution in [-0.4, -0.2) is 0 Å². The molecule has 0 atom stereocenters. The zero-order valence-corrected chi connectivity index (χ0v) is 4.22. The van der Waals surface area contributed by atoms with Crippen LogP contribution in [0.3, 0.4) is 0 Å². The molecule has 0 saturated heterocycles. The third-order valence-corrected chi connectivity index (χ3v) is 0.556. The Hall–Kier alpha value is -1.59. The molecule has 0 bridgehead atoms. The van der Waals surface area contributed by atoms with Gasteiger partial charge < -0.3 is 13.3 Å². The van der Waals surface area contributed by atoms with Gasteiger partial charge in [-0.1, -0.05) is 0 Å². The van der Waals surface area contributed by atoms with Crippen molar-refractivity contribution in [3.05, 3.63) is 17.3 Å². The number of hydrogen-bond acceptors (Lipinski definition) is 6. The highest BCUT2D eigenvalue weighted by Gasteiger charge is 1.85. The molecule has 0 aromatic carbocycles. The summed E-state index contributed by atoms with van der Waals surface area (Å²) in [5.41, 5.74) is 0. The second-order valence-corrected chi connectivity index (χ2v) is 1.17. The van der Waals surface area contributed by atoms with Gasteiger partial charge in [-0.05, 0) is 0 Å². The second-order valence-electron chi connectivity index (χ2n) is 1.17. The lowest BCUT2D eigenvalue weighted by atomic mass is 11.3. The molecule has 0 spiro atoms. The van der Waals surface area contributed by atoms with E-state index in [1.165, 1.54) is 0 Å². The Balaban J connectivity index is 3.72. The molecule has 0 aliphatic rings. The van der Waals surface area contributed by atoms with E-state index in [9.17, 15) is 0 Å². The first-order chi connectivity index (χ1) is 4.18. The molecule has 1 aromatic heterocycles. The van der Waals surface area contributed by atoms with E-state index in [1.807, 2.05) is 0 Å². The van der Waals surface area contributed by atoms with Gasteiger partial charge in [0, 0.05) is 0 Å². The maximum absolute atomic E-state index is 6.64. The topological polar surface area (TPSA) is 111 Å². The normalized spacial score (nSPS) is 9.33. The zero-order chi connectivity index (χ0) is 6.85. The molecule has 0 aliphatic heterocycles. The highest BCUT2D eigenvalue weighted by Crippen LogP contribution is 1.51. The van der Waals surface area contributed by atoms with Crippen LogP contribution in [0, 0.1) is 16.2 Å². The van der Waals surface area contributed by atoms with Crippen molar-refractivity contribution in [2.45, 2.75) is 0 Å². The van der Waals surface area contributed by atoms with E-state index >= 15 is 0 Å². The van der Waals surface area contributed by atoms with Crippen molar-refractivity contribution in [2.75, 3.05) is 0 Å². The molecule has 0 unspecified atom stereocenters. The van der Waals surface area contributed by atoms with Gasteiger partial charge in [-0.15, -0.1) is 0 Å². The van der Waals surface area contributed by atoms with Crippen molar-refractivity contribution in [1.29, 1.82) is 16.2 Å². The molecule has 1 heterocycles. The summed E-state index contributed by atoms with van der Waals surface area (Å²) in [7, 11) is 0. The van der Waals surface area contributed by atoms with Crippen LogP contribution in [0.5, 0.6) is 0 Å². The molecule has 48 valence electrons. The molecule has 0 radical (unpaired) electrons. The van der Waals surface area contributed by atoms with Gasteiger partial charge in [0.15, 0.2) is 0 Å². The fraction of sp³-hybridized carbons (Fsp3) is 0. The SMILES string of the molecule is N=c1oc(=N)oc(=N)o1. The van der Waals surface area contributed by atoms with Crippen LogP contribution < -0.4 is 17.3 Å². The quantitative estimate of drug-likeness (QED) is 0.413. The standard InChI is InChI=1S/C3H3N3O3/c4-1-7-2(5)9-3(6)8-1/h4-6H. The van der Waals surface area contributed by atoms with Gasteiger partial charge in [0.25, 0.3) is 0 Å². The zero-order valence-electron chi connectivity index (χ0n) is 4.22. The van der Waals surface area contributed by atoms with Gasteiger partial charge in [-0.25, -0.2) is 16.2 Å². The van der Waals surface area contributed by atoms with Gasteiger partial charge >= 0.3 is 17.3 Å². The lowest BCUT2D eigenvalue weighted by Crippen LogP contribution is -2.18. The summed E-state index contributed by atoms with van der Waals surface area (Å²) < 4.78 is 12.4. The molecular weight excluding hydrogens is 126 g/mol. The first kappa shape index (κ1) is 5.54. The average Bonchev–Trinajstić information content (AvgIpc) is 1.59. The van der Waals surface area contributed by atoms with E-state index in [-0.39, 0.29) is 0 Å². The van der Waals surface area contributed by atoms with E-state index in [2.05, 4.69) is 13.3 Å². The maximum atomic E-state index is 6.64. The molecule has 9 heavy (non-hydrogen) atoms. The Morgan fingerprint density at radius 2 is 0.889 bits per heavy atom. The fourth-order valence-corrected chi connectivity index (χ4v) is 0.315. The predicted molar refractivity (Wildman–Crippen MR) is 20.8 cm³/mol. The highest BCUT2D eigenvalue weighted by atomic mass is 16.6. The molecule has 1 aromatic rings. The van der Waals surface area contributed by atoms with Crippen molar-refractivity contribution in [3.8, 4) is 0 Å². The van der Waals surface area contributed by atoms with E-state index < -0.39 is 17.3 Å². The van der Waals surface area contributed by atoms with Crippen molar-refractivity contribution in [1.82, 2.24) is 0 Å². The monoisotopic (exact) mass is 129 g/mol. The third kappa shape index (κ3) is 1.15. The summed E-state index contributed by atoms with van der Waals surface area (Å²) >= 11 is 0. The second kappa shape index (κ2) is 1.73. The molecule has 1 rings (SSSR count). The van der Waals surface area contributed by atoms with Crippen molar-refractivity contribution >= 4 is 0 Å². The van der Waals surface area contributed by atoms with Crippen LogP contribution in [0.2, 0.25) is 0 Å². The van der Waals surface area contributed by atoms with Crippen LogP contribution in [0.15, 0.2) is 13.3 Å². The van der Waals surface area contributed by atoms with E-state index in [4.69, 9.17) is 16.2 Å². The van der Waals surface area contributed by atoms with Gasteiger partial charge in [0.1, 0.15) is 0 Å². The Labute approximate surface area is 47.9 Å². The largest absolute Gasteiger partial charge is 0.398 e. The van der Waals surface area contributed by atoms with Crippen LogP contribution in [-0.2, 0) is 0 Å². The average molecular weight is 129 g/mol. The predicted octanol–water partition coefficient (Wildman–Crippen LogP) is -1.10. The maximum Gasteiger partial charge on any atom is 0.398 e. The van der Waals surface area contributed by atoms with Gasteiger partial charge in [0.05, 0.1) is 0 Å². The van der Waals surface area contributed by atoms with Gasteiger partial charge in [-0.3, -0.25) is 0 Å². The first-order valence-corrected chi connectivity index (χ1v) is 1.97. The van der Waals surface area contributed by atoms with Crippen molar-refractivity contribution in [2.24, 2.45) is 0 Å². The summed E-state index contributed by atoms with van der Waals surface area (Å²) in [5.74, 6) is -1.84. The van der Waals surface area contributed by atoms with Crippen LogP contribution in [0.4, 0.5) is 0 Å². The number of rotatable bonds is 0. The smallest absolute Gasteiger partial charge is 0.361 e. The molecular formula is C3H3N3O3. The van der Waals surface area contributed by atoms with Crippen LogP contribution in [0.25, 0.3) is 0 Å². The Morgan fingerprint density at radius 3 is 1.11 bits per heavy atom. The molecule has 0 aliphatic carbocycles. The van der Waals surface area contributed by atoms with E-state index in [0.717, 1.165) is 0 Å². The first-order valence-electron chi connectivity index (χ1n) is 1.97. The highest BCUT2D eigenvalue weighted by molar-refractivity contribution is 4.20. The molecule has 6 nitrogen and oxygen atoms in total. The summed E-state index contributed by atoms with van der Waals surface area (Å²) in [5, 5.41) is 19.9. The summed E-state index contributed by atoms with van der Waals surface area (Å²) in [4.78, 5) is 0. The molecule has 3 N–H and O–H groups in total. The van der Waals surface area contributed by atoms with Crippen LogP contribution in [0.1, 0.15) is 0 Å². The van der Waals surface area contributed by atoms with Crippen LogP contribution >= 0.6 is 0 Å². The summed E-state index contributed by atoms with van der Waals surface area (Å²) in [6.07, 6.45) is 0. The Morgan fingerprint density at radius 1 is 0.667 bits per heavy atom. The van der Waals surface area contributed by atoms with Crippen molar-refractivity contribution in [3.63, 3.8) is 0 Å². The molecule has 0 amide bonds. The lowest BCUT2D eigenvalue weighted by molar-refractivity contribution is 0.105. The fourth-order valence-electron chi connectivity index (χ4n) is 0.315. The van der Waals surface area contributed by atoms with E-state index in [0.29, 0.717) is 0 Å². The minimum Gasteiger partial charge on any atom is -0.361 e. The Bertz CT molecular complexity index is 277. The molecule has 0 saturated carbocycles. The van der Waals surface area contributed by atoms with E-state index in [1.54, 1.807) is 0 Å². The minimum atomic E-state index is -0.615. The number of hydrogen-bond donors (Lipinski definition) is 3. The number of nitrogens with one attached hydrogen (secondary N) is 3. The Kier molecular flexibility index (Phi) is 1.07. The minimum absolute atomic E-state index is 0.615. The summed E-state index contributed by atoms with van der Waals surface area (Å²) in [6, 6.07) is 0. The van der Waals surface area contributed by atoms with Gasteiger partial charge in [-0.2, -0.15) is 0 Å². The van der Waals surface area contributed by atoms with Crippen molar-refractivity contribution < 1.29 is 13.3 Å². The third-order valence-electron chi connectivity index (χ3n) is 0.556. The summed E-state index contributed by atoms with van der Waals surface area (Å²) in [6.45, 7) is 0. The lowest BCUT2D eigenvalue weighted by Gasteiger charge is -1.79. The molecule has 0 fully saturated rings. The molecule has 6 heteroatoms.